The van der Waals surface area contributed by atoms with Crippen LogP contribution in [0.5, 0.6) is 0 Å². The fourth-order valence-corrected chi connectivity index (χ4v) is 1.48. The van der Waals surface area contributed by atoms with E-state index in [4.69, 9.17) is 5.73 Å². The van der Waals surface area contributed by atoms with Crippen LogP contribution in [0.3, 0.4) is 0 Å². The third kappa shape index (κ3) is 1.10. The van der Waals surface area contributed by atoms with Crippen molar-refractivity contribution in [1.82, 2.24) is 9.78 Å². The van der Waals surface area contributed by atoms with Crippen molar-refractivity contribution in [2.75, 3.05) is 0 Å². The molecule has 0 atom stereocenters. The van der Waals surface area contributed by atoms with Crippen LogP contribution < -0.4 is 5.73 Å². The molecule has 3 nitrogen and oxygen atoms in total. The zero-order valence-corrected chi connectivity index (χ0v) is 7.29. The highest BCUT2D eigenvalue weighted by molar-refractivity contribution is 5.82. The van der Waals surface area contributed by atoms with Gasteiger partial charge in [-0.25, -0.2) is 4.39 Å². The topological polar surface area (TPSA) is 43.8 Å². The number of rotatable bonds is 1. The number of aromatic nitrogens is 2. The Balaban J connectivity index is 2.86. The van der Waals surface area contributed by atoms with E-state index in [1.807, 2.05) is 6.07 Å². The number of nitrogens with two attached hydrogens (primary N) is 1. The molecule has 0 aliphatic heterocycles. The van der Waals surface area contributed by atoms with Gasteiger partial charge in [-0.05, 0) is 6.07 Å². The molecule has 1 heterocycles. The summed E-state index contributed by atoms with van der Waals surface area (Å²) in [6, 6.07) is 4.89. The smallest absolute Gasteiger partial charge is 0.151 e. The summed E-state index contributed by atoms with van der Waals surface area (Å²) in [5, 5.41) is 4.84. The van der Waals surface area contributed by atoms with Gasteiger partial charge in [-0.1, -0.05) is 12.1 Å². The summed E-state index contributed by atoms with van der Waals surface area (Å²) >= 11 is 0. The molecule has 0 fully saturated rings. The number of hydrogen-bond acceptors (Lipinski definition) is 2. The normalized spacial score (nSPS) is 11.0. The molecule has 4 heteroatoms. The Bertz CT molecular complexity index is 447. The monoisotopic (exact) mass is 179 g/mol. The zero-order valence-electron chi connectivity index (χ0n) is 7.29. The molecule has 0 spiro atoms. The molecule has 0 aliphatic carbocycles. The minimum Gasteiger partial charge on any atom is -0.325 e. The average Bonchev–Trinajstić information content (AvgIpc) is 2.43. The first-order chi connectivity index (χ1) is 6.24. The lowest BCUT2D eigenvalue weighted by atomic mass is 10.2. The van der Waals surface area contributed by atoms with E-state index in [0.29, 0.717) is 12.1 Å². The summed E-state index contributed by atoms with van der Waals surface area (Å²) in [7, 11) is 1.77. The van der Waals surface area contributed by atoms with Crippen molar-refractivity contribution in [2.24, 2.45) is 12.8 Å². The van der Waals surface area contributed by atoms with Crippen LogP contribution in [0.1, 0.15) is 5.69 Å². The van der Waals surface area contributed by atoms with E-state index >= 15 is 0 Å². The average molecular weight is 179 g/mol. The predicted octanol–water partition coefficient (Wildman–Crippen LogP) is 1.17. The Labute approximate surface area is 75.0 Å². The van der Waals surface area contributed by atoms with E-state index in [2.05, 4.69) is 5.10 Å². The van der Waals surface area contributed by atoms with Gasteiger partial charge in [0.1, 0.15) is 5.52 Å². The molecule has 13 heavy (non-hydrogen) atoms. The van der Waals surface area contributed by atoms with E-state index in [0.717, 1.165) is 11.1 Å². The molecule has 0 saturated heterocycles. The lowest BCUT2D eigenvalue weighted by Gasteiger charge is -1.95. The lowest BCUT2D eigenvalue weighted by molar-refractivity contribution is 0.631. The molecular weight excluding hydrogens is 169 g/mol. The second-order valence-corrected chi connectivity index (χ2v) is 2.91. The van der Waals surface area contributed by atoms with Crippen LogP contribution in [-0.2, 0) is 13.6 Å². The number of nitrogens with zero attached hydrogens (tertiary/aromatic N) is 2. The maximum absolute atomic E-state index is 13.2. The Kier molecular flexibility index (Phi) is 1.77. The van der Waals surface area contributed by atoms with E-state index in [1.54, 1.807) is 17.8 Å². The molecule has 0 radical (unpaired) electrons. The fraction of sp³-hybridized carbons (Fsp3) is 0.222. The van der Waals surface area contributed by atoms with Crippen LogP contribution in [0.25, 0.3) is 10.9 Å². The quantitative estimate of drug-likeness (QED) is 0.714. The number of halogens is 1. The Morgan fingerprint density at radius 2 is 2.31 bits per heavy atom. The largest absolute Gasteiger partial charge is 0.325 e. The molecule has 2 aromatic rings. The molecule has 2 N–H and O–H groups in total. The lowest BCUT2D eigenvalue weighted by Crippen LogP contribution is -2.04. The first-order valence-electron chi connectivity index (χ1n) is 4.04. The van der Waals surface area contributed by atoms with Crippen molar-refractivity contribution in [3.05, 3.63) is 29.7 Å². The van der Waals surface area contributed by atoms with Gasteiger partial charge in [0.05, 0.1) is 5.69 Å². The van der Waals surface area contributed by atoms with Gasteiger partial charge in [-0.2, -0.15) is 5.10 Å². The molecule has 0 saturated carbocycles. The van der Waals surface area contributed by atoms with Gasteiger partial charge < -0.3 is 5.73 Å². The summed E-state index contributed by atoms with van der Waals surface area (Å²) in [5.41, 5.74) is 6.78. The molecule has 0 bridgehead atoms. The van der Waals surface area contributed by atoms with Crippen LogP contribution in [0.2, 0.25) is 0 Å². The van der Waals surface area contributed by atoms with Crippen molar-refractivity contribution in [3.8, 4) is 0 Å². The number of hydrogen-bond donors (Lipinski definition) is 1. The van der Waals surface area contributed by atoms with Gasteiger partial charge in [-0.15, -0.1) is 0 Å². The van der Waals surface area contributed by atoms with E-state index < -0.39 is 0 Å². The van der Waals surface area contributed by atoms with Gasteiger partial charge in [0.15, 0.2) is 5.82 Å². The Morgan fingerprint density at radius 3 is 3.00 bits per heavy atom. The highest BCUT2D eigenvalue weighted by Gasteiger charge is 2.09. The van der Waals surface area contributed by atoms with Crippen LogP contribution in [0, 0.1) is 5.82 Å². The summed E-state index contributed by atoms with van der Waals surface area (Å²) < 4.78 is 14.8. The number of fused-ring (bicyclic) bond motifs is 1. The standard InChI is InChI=1S/C9H10FN3/c1-13-8(5-11)6-3-2-4-7(10)9(6)12-13/h2-4H,5,11H2,1H3. The first-order valence-corrected chi connectivity index (χ1v) is 4.04. The van der Waals surface area contributed by atoms with E-state index in [9.17, 15) is 4.39 Å². The molecule has 1 aromatic carbocycles. The third-order valence-electron chi connectivity index (χ3n) is 2.13. The molecule has 0 aliphatic rings. The SMILES string of the molecule is Cn1nc2c(F)cccc2c1CN. The van der Waals surface area contributed by atoms with Crippen molar-refractivity contribution in [2.45, 2.75) is 6.54 Å². The molecule has 0 amide bonds. The molecular formula is C9H10FN3. The second kappa shape index (κ2) is 2.81. The Morgan fingerprint density at radius 1 is 1.54 bits per heavy atom. The molecule has 1 aromatic heterocycles. The Hall–Kier alpha value is -1.42. The summed E-state index contributed by atoms with van der Waals surface area (Å²) in [6.07, 6.45) is 0. The predicted molar refractivity (Wildman–Crippen MR) is 48.6 cm³/mol. The van der Waals surface area contributed by atoms with Crippen molar-refractivity contribution in [1.29, 1.82) is 0 Å². The van der Waals surface area contributed by atoms with Gasteiger partial charge in [0.2, 0.25) is 0 Å². The number of benzene rings is 1. The minimum atomic E-state index is -0.298. The fourth-order valence-electron chi connectivity index (χ4n) is 1.48. The van der Waals surface area contributed by atoms with Gasteiger partial charge in [-0.3, -0.25) is 4.68 Å². The van der Waals surface area contributed by atoms with E-state index in [-0.39, 0.29) is 5.82 Å². The summed E-state index contributed by atoms with van der Waals surface area (Å²) in [6.45, 7) is 0.371. The summed E-state index contributed by atoms with van der Waals surface area (Å²) in [4.78, 5) is 0. The maximum atomic E-state index is 13.2. The highest BCUT2D eigenvalue weighted by Crippen LogP contribution is 2.19. The summed E-state index contributed by atoms with van der Waals surface area (Å²) in [5.74, 6) is -0.298. The van der Waals surface area contributed by atoms with Crippen LogP contribution in [-0.4, -0.2) is 9.78 Å². The highest BCUT2D eigenvalue weighted by atomic mass is 19.1. The molecule has 68 valence electrons. The maximum Gasteiger partial charge on any atom is 0.151 e. The van der Waals surface area contributed by atoms with Crippen LogP contribution in [0.15, 0.2) is 18.2 Å². The first kappa shape index (κ1) is 8.19. The van der Waals surface area contributed by atoms with Crippen molar-refractivity contribution >= 4 is 10.9 Å². The molecule has 2 rings (SSSR count). The van der Waals surface area contributed by atoms with Gasteiger partial charge >= 0.3 is 0 Å². The van der Waals surface area contributed by atoms with Gasteiger partial charge in [0.25, 0.3) is 0 Å². The third-order valence-corrected chi connectivity index (χ3v) is 2.13. The minimum absolute atomic E-state index is 0.298. The van der Waals surface area contributed by atoms with Crippen LogP contribution >= 0.6 is 0 Å². The molecule has 0 unspecified atom stereocenters. The van der Waals surface area contributed by atoms with Gasteiger partial charge in [0, 0.05) is 19.0 Å². The van der Waals surface area contributed by atoms with Crippen molar-refractivity contribution < 1.29 is 4.39 Å². The van der Waals surface area contributed by atoms with Crippen LogP contribution in [0.4, 0.5) is 4.39 Å². The van der Waals surface area contributed by atoms with Crippen molar-refractivity contribution in [3.63, 3.8) is 0 Å². The van der Waals surface area contributed by atoms with E-state index in [1.165, 1.54) is 6.07 Å². The zero-order chi connectivity index (χ0) is 9.42. The number of aryl methyl sites for hydroxylation is 1. The second-order valence-electron chi connectivity index (χ2n) is 2.91.